The van der Waals surface area contributed by atoms with Crippen LogP contribution < -0.4 is 10.5 Å². The Hall–Kier alpha value is -1.47. The Morgan fingerprint density at radius 3 is 2.59 bits per heavy atom. The molecule has 0 radical (unpaired) electrons. The molecule has 0 unspecified atom stereocenters. The number of rotatable bonds is 4. The van der Waals surface area contributed by atoms with Crippen LogP contribution in [0, 0.1) is 12.7 Å². The summed E-state index contributed by atoms with van der Waals surface area (Å²) in [7, 11) is -3.61. The summed E-state index contributed by atoms with van der Waals surface area (Å²) < 4.78 is 34.3. The number of carbonyl (C=O) groups is 1. The summed E-state index contributed by atoms with van der Waals surface area (Å²) in [5, 5.41) is 7.11. The number of nitrogens with two attached hydrogens (primary N) is 1. The fourth-order valence-corrected chi connectivity index (χ4v) is 1.66. The van der Waals surface area contributed by atoms with Crippen LogP contribution in [0.4, 0.5) is 4.39 Å². The highest BCUT2D eigenvalue weighted by atomic mass is 32.2. The number of aryl methyl sites for hydroxylation is 1. The second-order valence-corrected chi connectivity index (χ2v) is 5.37. The molecule has 17 heavy (non-hydrogen) atoms. The highest BCUT2D eigenvalue weighted by Gasteiger charge is 2.09. The molecule has 5 nitrogen and oxygen atoms in total. The highest BCUT2D eigenvalue weighted by molar-refractivity contribution is 7.89. The number of hydrogen-bond acceptors (Lipinski definition) is 3. The number of hydrogen-bond donors (Lipinski definition) is 2. The molecule has 1 amide bonds. The number of halogens is 1. The third-order valence-corrected chi connectivity index (χ3v) is 2.75. The van der Waals surface area contributed by atoms with Crippen molar-refractivity contribution >= 4 is 15.9 Å². The number of primary sulfonamides is 1. The first-order valence-corrected chi connectivity index (χ1v) is 6.55. The van der Waals surface area contributed by atoms with Crippen molar-refractivity contribution in [2.24, 2.45) is 5.14 Å². The molecule has 1 rings (SSSR count). The van der Waals surface area contributed by atoms with E-state index in [9.17, 15) is 17.6 Å². The molecule has 0 atom stereocenters. The van der Waals surface area contributed by atoms with E-state index in [0.29, 0.717) is 5.56 Å². The summed E-state index contributed by atoms with van der Waals surface area (Å²) in [6, 6.07) is 3.88. The Bertz CT molecular complexity index is 508. The van der Waals surface area contributed by atoms with Crippen LogP contribution in [0.2, 0.25) is 0 Å². The molecule has 0 aliphatic carbocycles. The molecule has 7 heteroatoms. The summed E-state index contributed by atoms with van der Waals surface area (Å²) in [6.45, 7) is 1.55. The van der Waals surface area contributed by atoms with Crippen molar-refractivity contribution in [2.75, 3.05) is 12.3 Å². The van der Waals surface area contributed by atoms with Crippen LogP contribution in [0.3, 0.4) is 0 Å². The van der Waals surface area contributed by atoms with E-state index in [-0.39, 0.29) is 17.9 Å². The number of sulfonamides is 1. The molecule has 3 N–H and O–H groups in total. The summed E-state index contributed by atoms with van der Waals surface area (Å²) >= 11 is 0. The van der Waals surface area contributed by atoms with E-state index in [0.717, 1.165) is 6.07 Å². The molecule has 94 valence electrons. The number of benzene rings is 1. The van der Waals surface area contributed by atoms with Crippen LogP contribution in [-0.4, -0.2) is 26.6 Å². The maximum atomic E-state index is 13.0. The van der Waals surface area contributed by atoms with Crippen molar-refractivity contribution in [3.05, 3.63) is 35.1 Å². The van der Waals surface area contributed by atoms with E-state index in [1.165, 1.54) is 12.1 Å². The molecule has 0 aliphatic rings. The van der Waals surface area contributed by atoms with Gasteiger partial charge in [0.05, 0.1) is 5.75 Å². The quantitative estimate of drug-likeness (QED) is 0.807. The fraction of sp³-hybridized carbons (Fsp3) is 0.300. The Morgan fingerprint density at radius 1 is 1.41 bits per heavy atom. The van der Waals surface area contributed by atoms with Crippen LogP contribution in [0.25, 0.3) is 0 Å². The number of carbonyl (C=O) groups excluding carboxylic acids is 1. The van der Waals surface area contributed by atoms with Gasteiger partial charge in [0.2, 0.25) is 10.0 Å². The topological polar surface area (TPSA) is 89.3 Å². The van der Waals surface area contributed by atoms with Crippen molar-refractivity contribution in [1.29, 1.82) is 0 Å². The zero-order valence-corrected chi connectivity index (χ0v) is 10.1. The minimum Gasteiger partial charge on any atom is -0.351 e. The van der Waals surface area contributed by atoms with Gasteiger partial charge in [0.1, 0.15) is 5.82 Å². The van der Waals surface area contributed by atoms with Crippen LogP contribution in [0.1, 0.15) is 15.9 Å². The van der Waals surface area contributed by atoms with Gasteiger partial charge in [-0.05, 0) is 30.7 Å². The van der Waals surface area contributed by atoms with Gasteiger partial charge in [0.25, 0.3) is 5.91 Å². The van der Waals surface area contributed by atoms with Crippen LogP contribution >= 0.6 is 0 Å². The molecule has 0 bridgehead atoms. The van der Waals surface area contributed by atoms with E-state index in [4.69, 9.17) is 5.14 Å². The van der Waals surface area contributed by atoms with Gasteiger partial charge in [0, 0.05) is 12.1 Å². The van der Waals surface area contributed by atoms with E-state index in [1.807, 2.05) is 0 Å². The average Bonchev–Trinajstić information content (AvgIpc) is 2.13. The first-order valence-electron chi connectivity index (χ1n) is 4.84. The van der Waals surface area contributed by atoms with Gasteiger partial charge in [-0.25, -0.2) is 17.9 Å². The minimum atomic E-state index is -3.61. The van der Waals surface area contributed by atoms with Gasteiger partial charge in [-0.3, -0.25) is 4.79 Å². The molecular formula is C10H13FN2O3S. The summed E-state index contributed by atoms with van der Waals surface area (Å²) in [5.41, 5.74) is 0.763. The van der Waals surface area contributed by atoms with Crippen molar-refractivity contribution in [1.82, 2.24) is 5.32 Å². The fourth-order valence-electron chi connectivity index (χ4n) is 1.28. The van der Waals surface area contributed by atoms with Crippen LogP contribution in [0.5, 0.6) is 0 Å². The lowest BCUT2D eigenvalue weighted by Crippen LogP contribution is -2.31. The van der Waals surface area contributed by atoms with Crippen LogP contribution in [0.15, 0.2) is 18.2 Å². The molecule has 0 fully saturated rings. The Balaban J connectivity index is 2.64. The van der Waals surface area contributed by atoms with E-state index >= 15 is 0 Å². The standard InChI is InChI=1S/C10H13FN2O3S/c1-7-4-8(6-9(11)5-7)10(14)13-2-3-17(12,15)16/h4-6H,2-3H2,1H3,(H,13,14)(H2,12,15,16). The van der Waals surface area contributed by atoms with Crippen molar-refractivity contribution in [2.45, 2.75) is 6.92 Å². The molecule has 0 saturated carbocycles. The molecule has 0 aromatic heterocycles. The maximum absolute atomic E-state index is 13.0. The first kappa shape index (κ1) is 13.6. The lowest BCUT2D eigenvalue weighted by atomic mass is 10.1. The SMILES string of the molecule is Cc1cc(F)cc(C(=O)NCCS(N)(=O)=O)c1. The van der Waals surface area contributed by atoms with Crippen molar-refractivity contribution < 1.29 is 17.6 Å². The summed E-state index contributed by atoms with van der Waals surface area (Å²) in [5.74, 6) is -1.40. The number of nitrogens with one attached hydrogen (secondary N) is 1. The lowest BCUT2D eigenvalue weighted by molar-refractivity contribution is 0.0955. The molecular weight excluding hydrogens is 247 g/mol. The predicted octanol–water partition coefficient (Wildman–Crippen LogP) is 0.152. The average molecular weight is 260 g/mol. The smallest absolute Gasteiger partial charge is 0.251 e. The maximum Gasteiger partial charge on any atom is 0.251 e. The van der Waals surface area contributed by atoms with Gasteiger partial charge in [-0.2, -0.15) is 0 Å². The second-order valence-electron chi connectivity index (χ2n) is 3.64. The van der Waals surface area contributed by atoms with E-state index in [1.54, 1.807) is 6.92 Å². The lowest BCUT2D eigenvalue weighted by Gasteiger charge is -2.05. The predicted molar refractivity (Wildman–Crippen MR) is 61.4 cm³/mol. The molecule has 1 aromatic carbocycles. The first-order chi connectivity index (χ1) is 7.78. The van der Waals surface area contributed by atoms with Gasteiger partial charge < -0.3 is 5.32 Å². The monoisotopic (exact) mass is 260 g/mol. The van der Waals surface area contributed by atoms with Gasteiger partial charge in [-0.15, -0.1) is 0 Å². The molecule has 0 heterocycles. The molecule has 0 spiro atoms. The minimum absolute atomic E-state index is 0.104. The zero-order chi connectivity index (χ0) is 13.1. The molecule has 0 saturated heterocycles. The third kappa shape index (κ3) is 4.92. The Labute approximate surface area is 98.9 Å². The Kier molecular flexibility index (Phi) is 4.19. The molecule has 0 aliphatic heterocycles. The van der Waals surface area contributed by atoms with Gasteiger partial charge >= 0.3 is 0 Å². The van der Waals surface area contributed by atoms with Crippen molar-refractivity contribution in [3.8, 4) is 0 Å². The summed E-state index contributed by atoms with van der Waals surface area (Å²) in [4.78, 5) is 11.5. The van der Waals surface area contributed by atoms with E-state index in [2.05, 4.69) is 5.32 Å². The normalized spacial score (nSPS) is 11.2. The second kappa shape index (κ2) is 5.24. The third-order valence-electron chi connectivity index (χ3n) is 1.98. The Morgan fingerprint density at radius 2 is 2.06 bits per heavy atom. The molecule has 1 aromatic rings. The highest BCUT2D eigenvalue weighted by Crippen LogP contribution is 2.07. The largest absolute Gasteiger partial charge is 0.351 e. The van der Waals surface area contributed by atoms with Gasteiger partial charge in [0.15, 0.2) is 0 Å². The number of amides is 1. The summed E-state index contributed by atoms with van der Waals surface area (Å²) in [6.07, 6.45) is 0. The van der Waals surface area contributed by atoms with E-state index < -0.39 is 21.7 Å². The van der Waals surface area contributed by atoms with Crippen molar-refractivity contribution in [3.63, 3.8) is 0 Å². The zero-order valence-electron chi connectivity index (χ0n) is 9.23. The van der Waals surface area contributed by atoms with Crippen LogP contribution in [-0.2, 0) is 10.0 Å². The van der Waals surface area contributed by atoms with Gasteiger partial charge in [-0.1, -0.05) is 0 Å².